The lowest BCUT2D eigenvalue weighted by molar-refractivity contribution is -0.132. The number of ether oxygens (including phenoxy) is 2. The topological polar surface area (TPSA) is 114 Å². The predicted molar refractivity (Wildman–Crippen MR) is 125 cm³/mol. The number of furan rings is 1. The molecule has 0 atom stereocenters. The molecule has 1 aliphatic rings. The zero-order valence-corrected chi connectivity index (χ0v) is 19.6. The molecule has 1 aromatic carbocycles. The quantitative estimate of drug-likeness (QED) is 0.548. The van der Waals surface area contributed by atoms with E-state index in [4.69, 9.17) is 13.9 Å². The van der Waals surface area contributed by atoms with Gasteiger partial charge in [-0.1, -0.05) is 0 Å². The number of thiazole rings is 1. The maximum atomic E-state index is 12.7. The summed E-state index contributed by atoms with van der Waals surface area (Å²) in [7, 11) is 3.02. The van der Waals surface area contributed by atoms with Crippen LogP contribution in [0.1, 0.15) is 26.6 Å². The minimum absolute atomic E-state index is 0.0780. The minimum atomic E-state index is -0.359. The molecule has 3 heterocycles. The Labute approximate surface area is 200 Å². The number of hydrogen-bond donors (Lipinski definition) is 1. The molecule has 34 heavy (non-hydrogen) atoms. The van der Waals surface area contributed by atoms with Crippen LogP contribution in [0.15, 0.2) is 46.4 Å². The zero-order valence-electron chi connectivity index (χ0n) is 18.8. The second-order valence-electron chi connectivity index (χ2n) is 7.53. The Morgan fingerprint density at radius 2 is 1.74 bits per heavy atom. The fraction of sp³-hybridized carbons (Fsp3) is 0.304. The Bertz CT molecular complexity index is 1150. The summed E-state index contributed by atoms with van der Waals surface area (Å²) in [6, 6.07) is 8.18. The molecule has 0 aliphatic carbocycles. The molecule has 10 nitrogen and oxygen atoms in total. The van der Waals surface area contributed by atoms with Crippen molar-refractivity contribution in [2.45, 2.75) is 6.42 Å². The van der Waals surface area contributed by atoms with Crippen molar-refractivity contribution < 1.29 is 28.3 Å². The van der Waals surface area contributed by atoms with Gasteiger partial charge in [0.2, 0.25) is 5.91 Å². The molecule has 0 radical (unpaired) electrons. The van der Waals surface area contributed by atoms with Crippen molar-refractivity contribution in [3.63, 3.8) is 0 Å². The van der Waals surface area contributed by atoms with Crippen LogP contribution in [0.5, 0.6) is 11.5 Å². The number of benzene rings is 1. The number of amides is 3. The highest BCUT2D eigenvalue weighted by molar-refractivity contribution is 7.14. The van der Waals surface area contributed by atoms with E-state index in [1.807, 2.05) is 0 Å². The first-order valence-electron chi connectivity index (χ1n) is 10.6. The third kappa shape index (κ3) is 5.37. The molecule has 1 fully saturated rings. The molecule has 1 aliphatic heterocycles. The van der Waals surface area contributed by atoms with Gasteiger partial charge in [-0.3, -0.25) is 19.7 Å². The summed E-state index contributed by atoms with van der Waals surface area (Å²) < 4.78 is 15.6. The van der Waals surface area contributed by atoms with Gasteiger partial charge in [0.15, 0.2) is 10.9 Å². The third-order valence-electron chi connectivity index (χ3n) is 5.37. The summed E-state index contributed by atoms with van der Waals surface area (Å²) in [5.41, 5.74) is 0.939. The Kier molecular flexibility index (Phi) is 7.12. The van der Waals surface area contributed by atoms with Crippen molar-refractivity contribution in [3.05, 3.63) is 59.0 Å². The Morgan fingerprint density at radius 1 is 1.06 bits per heavy atom. The van der Waals surface area contributed by atoms with Gasteiger partial charge in [0.25, 0.3) is 11.8 Å². The Morgan fingerprint density at radius 3 is 2.35 bits per heavy atom. The van der Waals surface area contributed by atoms with Gasteiger partial charge in [-0.2, -0.15) is 0 Å². The SMILES string of the molecule is COc1cc(OC)cc(C(=O)Nc2nc(CC(=O)N3CCN(C(=O)c4ccco4)CC3)cs2)c1. The van der Waals surface area contributed by atoms with Gasteiger partial charge in [-0.15, -0.1) is 11.3 Å². The minimum Gasteiger partial charge on any atom is -0.497 e. The maximum Gasteiger partial charge on any atom is 0.289 e. The van der Waals surface area contributed by atoms with Crippen LogP contribution < -0.4 is 14.8 Å². The first kappa shape index (κ1) is 23.3. The molecule has 3 amide bonds. The van der Waals surface area contributed by atoms with E-state index in [0.717, 1.165) is 0 Å². The Balaban J connectivity index is 1.30. The van der Waals surface area contributed by atoms with Gasteiger partial charge in [-0.25, -0.2) is 4.98 Å². The van der Waals surface area contributed by atoms with E-state index in [9.17, 15) is 14.4 Å². The van der Waals surface area contributed by atoms with Gasteiger partial charge in [0.1, 0.15) is 11.5 Å². The summed E-state index contributed by atoms with van der Waals surface area (Å²) in [6.45, 7) is 1.76. The van der Waals surface area contributed by atoms with Gasteiger partial charge in [-0.05, 0) is 24.3 Å². The van der Waals surface area contributed by atoms with Crippen LogP contribution >= 0.6 is 11.3 Å². The lowest BCUT2D eigenvalue weighted by Gasteiger charge is -2.34. The second-order valence-corrected chi connectivity index (χ2v) is 8.38. The fourth-order valence-electron chi connectivity index (χ4n) is 3.54. The summed E-state index contributed by atoms with van der Waals surface area (Å²) in [5.74, 6) is 0.684. The zero-order chi connectivity index (χ0) is 24.1. The van der Waals surface area contributed by atoms with Gasteiger partial charge in [0, 0.05) is 43.2 Å². The fourth-order valence-corrected chi connectivity index (χ4v) is 4.24. The maximum absolute atomic E-state index is 12.7. The van der Waals surface area contributed by atoms with Crippen LogP contribution in [0.4, 0.5) is 5.13 Å². The predicted octanol–water partition coefficient (Wildman–Crippen LogP) is 2.53. The van der Waals surface area contributed by atoms with Crippen LogP contribution in [0, 0.1) is 0 Å². The number of carbonyl (C=O) groups excluding carboxylic acids is 3. The van der Waals surface area contributed by atoms with E-state index in [0.29, 0.717) is 59.8 Å². The highest BCUT2D eigenvalue weighted by atomic mass is 32.1. The number of nitrogens with one attached hydrogen (secondary N) is 1. The van der Waals surface area contributed by atoms with Crippen LogP contribution in [0.3, 0.4) is 0 Å². The number of methoxy groups -OCH3 is 2. The number of aromatic nitrogens is 1. The average Bonchev–Trinajstić information content (AvgIpc) is 3.56. The average molecular weight is 485 g/mol. The number of piperazine rings is 1. The second kappa shape index (κ2) is 10.4. The highest BCUT2D eigenvalue weighted by Gasteiger charge is 2.26. The van der Waals surface area contributed by atoms with E-state index < -0.39 is 0 Å². The van der Waals surface area contributed by atoms with E-state index in [2.05, 4.69) is 10.3 Å². The molecule has 178 valence electrons. The smallest absolute Gasteiger partial charge is 0.289 e. The van der Waals surface area contributed by atoms with Crippen LogP contribution in [-0.4, -0.2) is 72.9 Å². The molecule has 4 rings (SSSR count). The van der Waals surface area contributed by atoms with E-state index in [1.165, 1.54) is 31.8 Å². The molecular weight excluding hydrogens is 460 g/mol. The molecule has 3 aromatic rings. The molecule has 0 unspecified atom stereocenters. The number of carbonyl (C=O) groups is 3. The van der Waals surface area contributed by atoms with E-state index >= 15 is 0 Å². The number of anilines is 1. The summed E-state index contributed by atoms with van der Waals surface area (Å²) in [6.07, 6.45) is 1.58. The first-order valence-corrected chi connectivity index (χ1v) is 11.4. The molecular formula is C23H24N4O6S. The molecule has 0 saturated carbocycles. The first-order chi connectivity index (χ1) is 16.5. The highest BCUT2D eigenvalue weighted by Crippen LogP contribution is 2.24. The normalized spacial score (nSPS) is 13.5. The molecule has 11 heteroatoms. The van der Waals surface area contributed by atoms with Crippen molar-refractivity contribution in [1.82, 2.24) is 14.8 Å². The Hall–Kier alpha value is -3.86. The summed E-state index contributed by atoms with van der Waals surface area (Å²) >= 11 is 1.24. The molecule has 1 N–H and O–H groups in total. The van der Waals surface area contributed by atoms with Crippen molar-refractivity contribution in [2.75, 3.05) is 45.7 Å². The van der Waals surface area contributed by atoms with Crippen LogP contribution in [0.2, 0.25) is 0 Å². The monoisotopic (exact) mass is 484 g/mol. The molecule has 1 saturated heterocycles. The number of nitrogens with zero attached hydrogens (tertiary/aromatic N) is 3. The number of hydrogen-bond acceptors (Lipinski definition) is 8. The van der Waals surface area contributed by atoms with E-state index in [1.54, 1.807) is 45.5 Å². The lowest BCUT2D eigenvalue weighted by Crippen LogP contribution is -2.50. The van der Waals surface area contributed by atoms with Gasteiger partial charge in [0.05, 0.1) is 32.6 Å². The van der Waals surface area contributed by atoms with Crippen LogP contribution in [0.25, 0.3) is 0 Å². The third-order valence-corrected chi connectivity index (χ3v) is 6.18. The molecule has 0 spiro atoms. The largest absolute Gasteiger partial charge is 0.497 e. The standard InChI is InChI=1S/C23H24N4O6S/c1-31-17-10-15(11-18(13-17)32-2)21(29)25-23-24-16(14-34-23)12-20(28)26-5-7-27(8-6-26)22(30)19-4-3-9-33-19/h3-4,9-11,13-14H,5-8,12H2,1-2H3,(H,24,25,29). The lowest BCUT2D eigenvalue weighted by atomic mass is 10.2. The van der Waals surface area contributed by atoms with Crippen molar-refractivity contribution in [1.29, 1.82) is 0 Å². The molecule has 2 aromatic heterocycles. The van der Waals surface area contributed by atoms with Crippen molar-refractivity contribution in [2.24, 2.45) is 0 Å². The summed E-state index contributed by atoms with van der Waals surface area (Å²) in [5, 5.41) is 4.88. The van der Waals surface area contributed by atoms with Gasteiger partial charge >= 0.3 is 0 Å². The van der Waals surface area contributed by atoms with Gasteiger partial charge < -0.3 is 23.7 Å². The van der Waals surface area contributed by atoms with Crippen molar-refractivity contribution >= 4 is 34.2 Å². The van der Waals surface area contributed by atoms with E-state index in [-0.39, 0.29) is 24.1 Å². The molecule has 0 bridgehead atoms. The number of rotatable bonds is 7. The van der Waals surface area contributed by atoms with Crippen molar-refractivity contribution in [3.8, 4) is 11.5 Å². The van der Waals surface area contributed by atoms with Crippen LogP contribution in [-0.2, 0) is 11.2 Å². The summed E-state index contributed by atoms with van der Waals surface area (Å²) in [4.78, 5) is 45.5.